The van der Waals surface area contributed by atoms with Gasteiger partial charge in [0.2, 0.25) is 0 Å². The number of benzene rings is 1. The van der Waals surface area contributed by atoms with Crippen molar-refractivity contribution in [3.05, 3.63) is 47.7 Å². The van der Waals surface area contributed by atoms with Crippen molar-refractivity contribution in [3.8, 4) is 5.75 Å². The summed E-state index contributed by atoms with van der Waals surface area (Å²) >= 11 is 0. The van der Waals surface area contributed by atoms with E-state index < -0.39 is 0 Å². The molecule has 1 heterocycles. The molecular weight excluding hydrogens is 206 g/mol. The maximum atomic E-state index is 8.85. The molecule has 0 amide bonds. The number of aliphatic hydroxyl groups is 1. The number of hydrogen-bond acceptors (Lipinski definition) is 4. The van der Waals surface area contributed by atoms with Gasteiger partial charge in [0.25, 0.3) is 0 Å². The van der Waals surface area contributed by atoms with Crippen molar-refractivity contribution in [2.45, 2.75) is 13.0 Å². The highest BCUT2D eigenvalue weighted by atomic mass is 16.5. The average molecular weight is 219 g/mol. The number of methoxy groups -OCH3 is 1. The fourth-order valence-electron chi connectivity index (χ4n) is 1.42. The van der Waals surface area contributed by atoms with E-state index in [9.17, 15) is 0 Å². The number of aromatic nitrogens is 1. The lowest BCUT2D eigenvalue weighted by Gasteiger charge is -2.00. The molecule has 0 aliphatic heterocycles. The first-order chi connectivity index (χ1) is 7.81. The highest BCUT2D eigenvalue weighted by molar-refractivity contribution is 5.28. The smallest absolute Gasteiger partial charge is 0.198 e. The molecule has 4 heteroatoms. The highest BCUT2D eigenvalue weighted by Crippen LogP contribution is 2.14. The van der Waals surface area contributed by atoms with Crippen LogP contribution in [0.1, 0.15) is 17.1 Å². The van der Waals surface area contributed by atoms with Gasteiger partial charge in [-0.25, -0.2) is 4.98 Å². The van der Waals surface area contributed by atoms with E-state index in [1.807, 2.05) is 24.3 Å². The van der Waals surface area contributed by atoms with Crippen LogP contribution in [0.15, 0.2) is 34.9 Å². The predicted octanol–water partition coefficient (Wildman–Crippen LogP) is 1.77. The maximum absolute atomic E-state index is 8.85. The van der Waals surface area contributed by atoms with Crippen LogP contribution in [0.5, 0.6) is 5.75 Å². The molecule has 0 fully saturated rings. The lowest BCUT2D eigenvalue weighted by Crippen LogP contribution is -1.90. The summed E-state index contributed by atoms with van der Waals surface area (Å²) in [5.41, 5.74) is 1.65. The predicted molar refractivity (Wildman–Crippen MR) is 58.2 cm³/mol. The fourth-order valence-corrected chi connectivity index (χ4v) is 1.42. The Kier molecular flexibility index (Phi) is 3.22. The van der Waals surface area contributed by atoms with Gasteiger partial charge in [-0.2, -0.15) is 0 Å². The Balaban J connectivity index is 2.08. The van der Waals surface area contributed by atoms with Gasteiger partial charge in [0, 0.05) is 6.42 Å². The van der Waals surface area contributed by atoms with Gasteiger partial charge in [0.05, 0.1) is 13.7 Å². The van der Waals surface area contributed by atoms with E-state index >= 15 is 0 Å². The second-order valence-electron chi connectivity index (χ2n) is 3.42. The van der Waals surface area contributed by atoms with E-state index in [0.717, 1.165) is 11.3 Å². The van der Waals surface area contributed by atoms with Gasteiger partial charge >= 0.3 is 0 Å². The molecule has 1 aromatic carbocycles. The zero-order valence-corrected chi connectivity index (χ0v) is 9.01. The maximum Gasteiger partial charge on any atom is 0.198 e. The zero-order valence-electron chi connectivity index (χ0n) is 9.01. The van der Waals surface area contributed by atoms with Crippen LogP contribution in [0.4, 0.5) is 0 Å². The molecule has 4 nitrogen and oxygen atoms in total. The average Bonchev–Trinajstić information content (AvgIpc) is 2.78. The summed E-state index contributed by atoms with van der Waals surface area (Å²) in [6, 6.07) is 7.71. The van der Waals surface area contributed by atoms with Crippen LogP contribution < -0.4 is 4.74 Å². The molecule has 0 bridgehead atoms. The fraction of sp³-hybridized carbons (Fsp3) is 0.250. The third-order valence-electron chi connectivity index (χ3n) is 2.28. The van der Waals surface area contributed by atoms with Crippen LogP contribution in [0.2, 0.25) is 0 Å². The van der Waals surface area contributed by atoms with Crippen LogP contribution in [0, 0.1) is 0 Å². The second kappa shape index (κ2) is 4.81. The monoisotopic (exact) mass is 219 g/mol. The molecule has 0 saturated heterocycles. The molecular formula is C12H13NO3. The first-order valence-corrected chi connectivity index (χ1v) is 4.99. The standard InChI is InChI=1S/C12H13NO3/c1-15-11-4-2-9(3-5-11)6-12-13-10(7-14)8-16-12/h2-5,8,14H,6-7H2,1H3. The summed E-state index contributed by atoms with van der Waals surface area (Å²) in [4.78, 5) is 4.12. The molecule has 0 spiro atoms. The molecule has 0 aliphatic carbocycles. The van der Waals surface area contributed by atoms with Gasteiger partial charge in [-0.1, -0.05) is 12.1 Å². The zero-order chi connectivity index (χ0) is 11.4. The summed E-state index contributed by atoms with van der Waals surface area (Å²) in [6.45, 7) is -0.0912. The molecule has 16 heavy (non-hydrogen) atoms. The number of oxazole rings is 1. The minimum Gasteiger partial charge on any atom is -0.497 e. The van der Waals surface area contributed by atoms with E-state index in [-0.39, 0.29) is 6.61 Å². The van der Waals surface area contributed by atoms with Gasteiger partial charge < -0.3 is 14.3 Å². The Morgan fingerprint density at radius 2 is 2.06 bits per heavy atom. The Morgan fingerprint density at radius 1 is 1.31 bits per heavy atom. The molecule has 1 N–H and O–H groups in total. The number of ether oxygens (including phenoxy) is 1. The molecule has 84 valence electrons. The topological polar surface area (TPSA) is 55.5 Å². The lowest BCUT2D eigenvalue weighted by atomic mass is 10.1. The van der Waals surface area contributed by atoms with Gasteiger partial charge in [-0.3, -0.25) is 0 Å². The van der Waals surface area contributed by atoms with Crippen LogP contribution in [-0.4, -0.2) is 17.2 Å². The van der Waals surface area contributed by atoms with Gasteiger partial charge in [-0.15, -0.1) is 0 Å². The van der Waals surface area contributed by atoms with Crippen LogP contribution in [0.25, 0.3) is 0 Å². The Labute approximate surface area is 93.5 Å². The van der Waals surface area contributed by atoms with Crippen molar-refractivity contribution < 1.29 is 14.3 Å². The first-order valence-electron chi connectivity index (χ1n) is 4.99. The van der Waals surface area contributed by atoms with Crippen molar-refractivity contribution >= 4 is 0 Å². The van der Waals surface area contributed by atoms with Gasteiger partial charge in [0.15, 0.2) is 5.89 Å². The number of aliphatic hydroxyl groups excluding tert-OH is 1. The van der Waals surface area contributed by atoms with Gasteiger partial charge in [-0.05, 0) is 17.7 Å². The number of rotatable bonds is 4. The van der Waals surface area contributed by atoms with Crippen molar-refractivity contribution in [1.82, 2.24) is 4.98 Å². The third kappa shape index (κ3) is 2.41. The van der Waals surface area contributed by atoms with E-state index in [4.69, 9.17) is 14.3 Å². The van der Waals surface area contributed by atoms with E-state index in [0.29, 0.717) is 18.0 Å². The highest BCUT2D eigenvalue weighted by Gasteiger charge is 2.04. The van der Waals surface area contributed by atoms with Gasteiger partial charge in [0.1, 0.15) is 17.7 Å². The number of nitrogens with zero attached hydrogens (tertiary/aromatic N) is 1. The van der Waals surface area contributed by atoms with Crippen molar-refractivity contribution in [2.75, 3.05) is 7.11 Å². The Bertz CT molecular complexity index is 448. The summed E-state index contributed by atoms with van der Waals surface area (Å²) in [6.07, 6.45) is 2.09. The van der Waals surface area contributed by atoms with E-state index in [2.05, 4.69) is 4.98 Å². The molecule has 0 aliphatic rings. The molecule has 2 rings (SSSR count). The lowest BCUT2D eigenvalue weighted by molar-refractivity contribution is 0.276. The Hall–Kier alpha value is -1.81. The van der Waals surface area contributed by atoms with Crippen LogP contribution >= 0.6 is 0 Å². The first kappa shape index (κ1) is 10.7. The minimum absolute atomic E-state index is 0.0912. The van der Waals surface area contributed by atoms with Crippen molar-refractivity contribution in [3.63, 3.8) is 0 Å². The minimum atomic E-state index is -0.0912. The van der Waals surface area contributed by atoms with Crippen LogP contribution in [-0.2, 0) is 13.0 Å². The molecule has 2 aromatic rings. The summed E-state index contributed by atoms with van der Waals surface area (Å²) in [5, 5.41) is 8.85. The molecule has 1 aromatic heterocycles. The second-order valence-corrected chi connectivity index (χ2v) is 3.42. The molecule has 0 saturated carbocycles. The summed E-state index contributed by atoms with van der Waals surface area (Å²) in [5.74, 6) is 1.43. The Morgan fingerprint density at radius 3 is 2.62 bits per heavy atom. The van der Waals surface area contributed by atoms with E-state index in [1.54, 1.807) is 7.11 Å². The normalized spacial score (nSPS) is 10.4. The SMILES string of the molecule is COc1ccc(Cc2nc(CO)co2)cc1. The summed E-state index contributed by atoms with van der Waals surface area (Å²) in [7, 11) is 1.64. The summed E-state index contributed by atoms with van der Waals surface area (Å²) < 4.78 is 10.3. The molecule has 0 atom stereocenters. The van der Waals surface area contributed by atoms with Crippen molar-refractivity contribution in [2.24, 2.45) is 0 Å². The molecule has 0 radical (unpaired) electrons. The van der Waals surface area contributed by atoms with E-state index in [1.165, 1.54) is 6.26 Å². The molecule has 0 unspecified atom stereocenters. The quantitative estimate of drug-likeness (QED) is 0.851. The van der Waals surface area contributed by atoms with Crippen molar-refractivity contribution in [1.29, 1.82) is 0 Å². The number of hydrogen-bond donors (Lipinski definition) is 1. The largest absolute Gasteiger partial charge is 0.497 e. The third-order valence-corrected chi connectivity index (χ3v) is 2.28. The van der Waals surface area contributed by atoms with Crippen LogP contribution in [0.3, 0.4) is 0 Å².